The SMILES string of the molecule is COC(=O)c1ccccc1NCc1cc(C)n(C)c1C. The summed E-state index contributed by atoms with van der Waals surface area (Å²) < 4.78 is 6.95. The molecule has 2 rings (SSSR count). The molecule has 0 fully saturated rings. The zero-order valence-electron chi connectivity index (χ0n) is 12.4. The summed E-state index contributed by atoms with van der Waals surface area (Å²) in [5.74, 6) is -0.325. The van der Waals surface area contributed by atoms with Crippen LogP contribution in [-0.4, -0.2) is 17.6 Å². The smallest absolute Gasteiger partial charge is 0.339 e. The Bertz CT molecular complexity index is 629. The van der Waals surface area contributed by atoms with Crippen molar-refractivity contribution in [2.24, 2.45) is 7.05 Å². The molecular formula is C16H20N2O2. The molecule has 1 heterocycles. The lowest BCUT2D eigenvalue weighted by Crippen LogP contribution is -2.08. The molecule has 0 amide bonds. The molecule has 106 valence electrons. The van der Waals surface area contributed by atoms with E-state index >= 15 is 0 Å². The first-order chi connectivity index (χ1) is 9.54. The Morgan fingerprint density at radius 1 is 1.30 bits per heavy atom. The molecule has 2 aromatic rings. The van der Waals surface area contributed by atoms with Crippen molar-refractivity contribution in [3.05, 3.63) is 52.8 Å². The number of carbonyl (C=O) groups is 1. The maximum atomic E-state index is 11.7. The van der Waals surface area contributed by atoms with Gasteiger partial charge in [-0.3, -0.25) is 0 Å². The molecule has 4 heteroatoms. The van der Waals surface area contributed by atoms with Crippen LogP contribution >= 0.6 is 0 Å². The highest BCUT2D eigenvalue weighted by atomic mass is 16.5. The summed E-state index contributed by atoms with van der Waals surface area (Å²) in [6.45, 7) is 4.86. The van der Waals surface area contributed by atoms with E-state index in [1.165, 1.54) is 24.1 Å². The zero-order chi connectivity index (χ0) is 14.7. The van der Waals surface area contributed by atoms with Crippen LogP contribution in [0.1, 0.15) is 27.3 Å². The van der Waals surface area contributed by atoms with Gasteiger partial charge in [0.2, 0.25) is 0 Å². The average Bonchev–Trinajstić information content (AvgIpc) is 2.72. The predicted octanol–water partition coefficient (Wildman–Crippen LogP) is 3.04. The molecule has 0 unspecified atom stereocenters. The number of ether oxygens (including phenoxy) is 1. The normalized spacial score (nSPS) is 10.4. The van der Waals surface area contributed by atoms with Gasteiger partial charge in [0, 0.05) is 30.7 Å². The van der Waals surface area contributed by atoms with E-state index in [0.717, 1.165) is 5.69 Å². The molecule has 20 heavy (non-hydrogen) atoms. The fourth-order valence-electron chi connectivity index (χ4n) is 2.23. The van der Waals surface area contributed by atoms with E-state index < -0.39 is 0 Å². The largest absolute Gasteiger partial charge is 0.465 e. The number of anilines is 1. The van der Waals surface area contributed by atoms with Gasteiger partial charge in [-0.25, -0.2) is 4.79 Å². The van der Waals surface area contributed by atoms with Crippen LogP contribution in [0.25, 0.3) is 0 Å². The summed E-state index contributed by atoms with van der Waals surface area (Å²) >= 11 is 0. The summed E-state index contributed by atoms with van der Waals surface area (Å²) in [4.78, 5) is 11.7. The highest BCUT2D eigenvalue weighted by Gasteiger charge is 2.11. The van der Waals surface area contributed by atoms with Gasteiger partial charge in [-0.2, -0.15) is 0 Å². The topological polar surface area (TPSA) is 43.3 Å². The summed E-state index contributed by atoms with van der Waals surface area (Å²) in [5, 5.41) is 3.31. The summed E-state index contributed by atoms with van der Waals surface area (Å²) in [7, 11) is 3.44. The van der Waals surface area contributed by atoms with Crippen LogP contribution < -0.4 is 5.32 Å². The second-order valence-corrected chi connectivity index (χ2v) is 4.85. The summed E-state index contributed by atoms with van der Waals surface area (Å²) in [6, 6.07) is 9.53. The minimum atomic E-state index is -0.325. The molecule has 0 aliphatic heterocycles. The van der Waals surface area contributed by atoms with Crippen molar-refractivity contribution < 1.29 is 9.53 Å². The number of aryl methyl sites for hydroxylation is 1. The van der Waals surface area contributed by atoms with Crippen LogP contribution in [0.3, 0.4) is 0 Å². The number of nitrogens with zero attached hydrogens (tertiary/aromatic N) is 1. The van der Waals surface area contributed by atoms with Crippen molar-refractivity contribution >= 4 is 11.7 Å². The van der Waals surface area contributed by atoms with Gasteiger partial charge >= 0.3 is 5.97 Å². The molecule has 1 N–H and O–H groups in total. The first-order valence-corrected chi connectivity index (χ1v) is 6.57. The van der Waals surface area contributed by atoms with Crippen molar-refractivity contribution in [2.75, 3.05) is 12.4 Å². The Labute approximate surface area is 119 Å². The monoisotopic (exact) mass is 272 g/mol. The zero-order valence-corrected chi connectivity index (χ0v) is 12.4. The minimum absolute atomic E-state index is 0.325. The summed E-state index contributed by atoms with van der Waals surface area (Å²) in [5.41, 5.74) is 5.02. The minimum Gasteiger partial charge on any atom is -0.465 e. The van der Waals surface area contributed by atoms with Crippen molar-refractivity contribution in [1.82, 2.24) is 4.57 Å². The third-order valence-electron chi connectivity index (χ3n) is 3.68. The maximum Gasteiger partial charge on any atom is 0.339 e. The van der Waals surface area contributed by atoms with Crippen LogP contribution in [0, 0.1) is 13.8 Å². The highest BCUT2D eigenvalue weighted by Crippen LogP contribution is 2.19. The molecule has 0 atom stereocenters. The van der Waals surface area contributed by atoms with Crippen molar-refractivity contribution in [1.29, 1.82) is 0 Å². The van der Waals surface area contributed by atoms with E-state index in [1.807, 2.05) is 18.2 Å². The number of nitrogens with one attached hydrogen (secondary N) is 1. The third kappa shape index (κ3) is 2.69. The van der Waals surface area contributed by atoms with Crippen LogP contribution in [0.2, 0.25) is 0 Å². The van der Waals surface area contributed by atoms with Gasteiger partial charge in [-0.05, 0) is 37.6 Å². The van der Waals surface area contributed by atoms with E-state index in [0.29, 0.717) is 12.1 Å². The second-order valence-electron chi connectivity index (χ2n) is 4.85. The number of benzene rings is 1. The van der Waals surface area contributed by atoms with Gasteiger partial charge in [0.1, 0.15) is 0 Å². The van der Waals surface area contributed by atoms with E-state index in [4.69, 9.17) is 4.74 Å². The first-order valence-electron chi connectivity index (χ1n) is 6.57. The van der Waals surface area contributed by atoms with Gasteiger partial charge in [0.05, 0.1) is 12.7 Å². The molecule has 0 saturated heterocycles. The van der Waals surface area contributed by atoms with Crippen molar-refractivity contribution in [3.8, 4) is 0 Å². The molecular weight excluding hydrogens is 252 g/mol. The number of esters is 1. The van der Waals surface area contributed by atoms with Crippen LogP contribution in [0.4, 0.5) is 5.69 Å². The highest BCUT2D eigenvalue weighted by molar-refractivity contribution is 5.95. The standard InChI is InChI=1S/C16H20N2O2/c1-11-9-13(12(2)18(11)3)10-17-15-8-6-5-7-14(15)16(19)20-4/h5-9,17H,10H2,1-4H3. The van der Waals surface area contributed by atoms with Crippen molar-refractivity contribution in [2.45, 2.75) is 20.4 Å². The van der Waals surface area contributed by atoms with E-state index in [1.54, 1.807) is 6.07 Å². The fraction of sp³-hybridized carbons (Fsp3) is 0.312. The Morgan fingerprint density at radius 2 is 2.00 bits per heavy atom. The molecule has 1 aromatic carbocycles. The van der Waals surface area contributed by atoms with Crippen LogP contribution in [0.5, 0.6) is 0 Å². The molecule has 1 aromatic heterocycles. The molecule has 0 aliphatic rings. The van der Waals surface area contributed by atoms with Gasteiger partial charge in [0.15, 0.2) is 0 Å². The quantitative estimate of drug-likeness (QED) is 0.870. The molecule has 4 nitrogen and oxygen atoms in total. The van der Waals surface area contributed by atoms with Crippen LogP contribution in [-0.2, 0) is 18.3 Å². The maximum absolute atomic E-state index is 11.7. The van der Waals surface area contributed by atoms with Crippen molar-refractivity contribution in [3.63, 3.8) is 0 Å². The first kappa shape index (κ1) is 14.2. The Morgan fingerprint density at radius 3 is 2.60 bits per heavy atom. The number of rotatable bonds is 4. The number of methoxy groups -OCH3 is 1. The van der Waals surface area contributed by atoms with Gasteiger partial charge < -0.3 is 14.6 Å². The average molecular weight is 272 g/mol. The molecule has 0 radical (unpaired) electrons. The molecule has 0 aliphatic carbocycles. The number of aromatic nitrogens is 1. The lowest BCUT2D eigenvalue weighted by molar-refractivity contribution is 0.0602. The Kier molecular flexibility index (Phi) is 4.13. The summed E-state index contributed by atoms with van der Waals surface area (Å²) in [6.07, 6.45) is 0. The lowest BCUT2D eigenvalue weighted by Gasteiger charge is -2.10. The lowest BCUT2D eigenvalue weighted by atomic mass is 10.1. The third-order valence-corrected chi connectivity index (χ3v) is 3.68. The fourth-order valence-corrected chi connectivity index (χ4v) is 2.23. The van der Waals surface area contributed by atoms with Gasteiger partial charge in [-0.1, -0.05) is 12.1 Å². The van der Waals surface area contributed by atoms with Gasteiger partial charge in [-0.15, -0.1) is 0 Å². The van der Waals surface area contributed by atoms with E-state index in [9.17, 15) is 4.79 Å². The van der Waals surface area contributed by atoms with Gasteiger partial charge in [0.25, 0.3) is 0 Å². The Hall–Kier alpha value is -2.23. The number of carbonyl (C=O) groups excluding carboxylic acids is 1. The molecule has 0 saturated carbocycles. The number of para-hydroxylation sites is 1. The van der Waals surface area contributed by atoms with Crippen LogP contribution in [0.15, 0.2) is 30.3 Å². The molecule has 0 spiro atoms. The molecule has 0 bridgehead atoms. The number of hydrogen-bond acceptors (Lipinski definition) is 3. The van der Waals surface area contributed by atoms with E-state index in [-0.39, 0.29) is 5.97 Å². The predicted molar refractivity (Wildman–Crippen MR) is 80.0 cm³/mol. The second kappa shape index (κ2) is 5.82. The Balaban J connectivity index is 2.19. The van der Waals surface area contributed by atoms with E-state index in [2.05, 4.69) is 36.8 Å². The number of hydrogen-bond donors (Lipinski definition) is 1.